The van der Waals surface area contributed by atoms with Crippen LogP contribution in [-0.4, -0.2) is 4.17 Å². The fourth-order valence-electron chi connectivity index (χ4n) is 0.688. The van der Waals surface area contributed by atoms with E-state index in [1.54, 1.807) is 22.7 Å². The Kier molecular flexibility index (Phi) is 7.21. The number of thiol groups is 1. The molecule has 0 nitrogen and oxygen atoms in total. The molecule has 2 rings (SSSR count). The molecule has 0 aliphatic rings. The van der Waals surface area contributed by atoms with Gasteiger partial charge in [0, 0.05) is 0 Å². The van der Waals surface area contributed by atoms with E-state index in [4.69, 9.17) is 23.2 Å². The Balaban J connectivity index is 0.000000162. The zero-order valence-corrected chi connectivity index (χ0v) is 12.3. The summed E-state index contributed by atoms with van der Waals surface area (Å²) in [5.74, 6) is 0. The van der Waals surface area contributed by atoms with Gasteiger partial charge in [-0.25, -0.2) is 0 Å². The van der Waals surface area contributed by atoms with Gasteiger partial charge in [0.1, 0.15) is 0 Å². The number of rotatable bonds is 2. The van der Waals surface area contributed by atoms with E-state index < -0.39 is 0 Å². The minimum Gasteiger partial charge on any atom is -0.138 e. The molecule has 0 saturated carbocycles. The van der Waals surface area contributed by atoms with Gasteiger partial charge >= 0.3 is 0 Å². The second-order valence-electron chi connectivity index (χ2n) is 2.26. The first-order chi connectivity index (χ1) is 7.18. The molecule has 0 bridgehead atoms. The maximum absolute atomic E-state index is 5.50. The first kappa shape index (κ1) is 13.7. The summed E-state index contributed by atoms with van der Waals surface area (Å²) >= 11 is 19.8. The Morgan fingerprint density at radius 3 is 2.13 bits per heavy atom. The number of halogens is 2. The number of thioether (sulfide) groups is 1. The molecular weight excluding hydrogens is 307 g/mol. The van der Waals surface area contributed by atoms with E-state index in [0.29, 0.717) is 0 Å². The van der Waals surface area contributed by atoms with Gasteiger partial charge in [-0.1, -0.05) is 47.1 Å². The van der Waals surface area contributed by atoms with E-state index in [9.17, 15) is 0 Å². The quantitative estimate of drug-likeness (QED) is 0.425. The Morgan fingerprint density at radius 2 is 1.80 bits per heavy atom. The van der Waals surface area contributed by atoms with Crippen LogP contribution in [0.3, 0.4) is 0 Å². The lowest BCUT2D eigenvalue weighted by Gasteiger charge is -1.93. The largest absolute Gasteiger partial charge is 0.158 e. The normalized spacial score (nSPS) is 9.87. The number of hydrogen-bond acceptors (Lipinski definition) is 4. The molecule has 82 valence electrons. The summed E-state index contributed by atoms with van der Waals surface area (Å²) in [5, 5.41) is 4.00. The average molecular weight is 315 g/mol. The van der Waals surface area contributed by atoms with Crippen LogP contribution in [0.2, 0.25) is 0 Å². The van der Waals surface area contributed by atoms with Crippen molar-refractivity contribution in [1.29, 1.82) is 0 Å². The van der Waals surface area contributed by atoms with Crippen LogP contribution in [0.15, 0.2) is 43.4 Å². The molecule has 6 heteroatoms. The van der Waals surface area contributed by atoms with E-state index >= 15 is 0 Å². The van der Waals surface area contributed by atoms with Gasteiger partial charge in [0.2, 0.25) is 0 Å². The lowest BCUT2D eigenvalue weighted by molar-refractivity contribution is 1.72. The van der Waals surface area contributed by atoms with Gasteiger partial charge in [-0.05, 0) is 22.9 Å². The SMILES string of the molecule is ClC(Cl)Sc1cccs1.Sc1cccs1. The Bertz CT molecular complexity index is 342. The summed E-state index contributed by atoms with van der Waals surface area (Å²) in [4.78, 5) is 0. The Morgan fingerprint density at radius 1 is 1.13 bits per heavy atom. The van der Waals surface area contributed by atoms with Crippen LogP contribution in [0.1, 0.15) is 0 Å². The van der Waals surface area contributed by atoms with Crippen molar-refractivity contribution in [3.05, 3.63) is 35.0 Å². The van der Waals surface area contributed by atoms with E-state index in [1.807, 2.05) is 35.0 Å². The van der Waals surface area contributed by atoms with Crippen LogP contribution in [0.4, 0.5) is 0 Å². The third kappa shape index (κ3) is 6.76. The zero-order valence-electron chi connectivity index (χ0n) is 7.47. The molecule has 2 heterocycles. The van der Waals surface area contributed by atoms with Crippen molar-refractivity contribution in [2.24, 2.45) is 0 Å². The molecule has 0 N–H and O–H groups in total. The van der Waals surface area contributed by atoms with E-state index in [0.717, 1.165) is 8.42 Å². The van der Waals surface area contributed by atoms with Crippen molar-refractivity contribution in [2.45, 2.75) is 12.6 Å². The highest BCUT2D eigenvalue weighted by Crippen LogP contribution is 2.31. The highest BCUT2D eigenvalue weighted by molar-refractivity contribution is 8.04. The van der Waals surface area contributed by atoms with Crippen molar-refractivity contribution >= 4 is 70.3 Å². The molecule has 0 spiro atoms. The standard InChI is InChI=1S/C5H4Cl2S2.C4H4S2/c6-5(7)9-4-2-1-3-8-4;5-4-2-1-3-6-4/h1-3,5H;1-3,5H. The zero-order chi connectivity index (χ0) is 11.1. The molecule has 0 amide bonds. The number of hydrogen-bond donors (Lipinski definition) is 1. The molecule has 0 aliphatic carbocycles. The number of alkyl halides is 2. The fourth-order valence-corrected chi connectivity index (χ4v) is 3.76. The molecule has 0 aromatic carbocycles. The average Bonchev–Trinajstić information content (AvgIpc) is 2.78. The van der Waals surface area contributed by atoms with Crippen LogP contribution in [0.25, 0.3) is 0 Å². The topological polar surface area (TPSA) is 0 Å². The van der Waals surface area contributed by atoms with Crippen molar-refractivity contribution in [3.63, 3.8) is 0 Å². The maximum Gasteiger partial charge on any atom is 0.158 e. The molecule has 0 atom stereocenters. The fraction of sp³-hybridized carbons (Fsp3) is 0.111. The van der Waals surface area contributed by atoms with Gasteiger partial charge in [-0.2, -0.15) is 0 Å². The molecule has 2 aromatic heterocycles. The molecule has 0 radical (unpaired) electrons. The highest BCUT2D eigenvalue weighted by atomic mass is 35.5. The van der Waals surface area contributed by atoms with Crippen LogP contribution in [-0.2, 0) is 0 Å². The smallest absolute Gasteiger partial charge is 0.138 e. The highest BCUT2D eigenvalue weighted by Gasteiger charge is 2.00. The summed E-state index contributed by atoms with van der Waals surface area (Å²) in [6.07, 6.45) is 0. The van der Waals surface area contributed by atoms with Crippen molar-refractivity contribution in [3.8, 4) is 0 Å². The third-order valence-corrected chi connectivity index (χ3v) is 4.66. The molecule has 0 unspecified atom stereocenters. The van der Waals surface area contributed by atoms with Crippen molar-refractivity contribution in [1.82, 2.24) is 0 Å². The molecule has 15 heavy (non-hydrogen) atoms. The first-order valence-corrected chi connectivity index (χ1v) is 7.85. The third-order valence-electron chi connectivity index (χ3n) is 1.21. The monoisotopic (exact) mass is 314 g/mol. The molecule has 0 saturated heterocycles. The lowest BCUT2D eigenvalue weighted by Crippen LogP contribution is -1.71. The summed E-state index contributed by atoms with van der Waals surface area (Å²) in [5.41, 5.74) is 0. The minimum absolute atomic E-state index is 0.344. The number of thiophene rings is 2. The lowest BCUT2D eigenvalue weighted by atomic mass is 10.7. The van der Waals surface area contributed by atoms with E-state index in [1.165, 1.54) is 11.8 Å². The molecule has 0 aliphatic heterocycles. The summed E-state index contributed by atoms with van der Waals surface area (Å²) in [6, 6.07) is 7.91. The summed E-state index contributed by atoms with van der Waals surface area (Å²) in [6.45, 7) is 0. The van der Waals surface area contributed by atoms with E-state index in [-0.39, 0.29) is 4.17 Å². The van der Waals surface area contributed by atoms with Crippen molar-refractivity contribution in [2.75, 3.05) is 0 Å². The van der Waals surface area contributed by atoms with Gasteiger partial charge in [-0.3, -0.25) is 0 Å². The van der Waals surface area contributed by atoms with Gasteiger partial charge in [0.15, 0.2) is 4.17 Å². The van der Waals surface area contributed by atoms with E-state index in [2.05, 4.69) is 12.6 Å². The maximum atomic E-state index is 5.50. The van der Waals surface area contributed by atoms with Crippen LogP contribution >= 0.6 is 70.3 Å². The second-order valence-corrected chi connectivity index (χ2v) is 7.96. The van der Waals surface area contributed by atoms with Gasteiger partial charge < -0.3 is 0 Å². The van der Waals surface area contributed by atoms with Gasteiger partial charge in [0.05, 0.1) is 8.42 Å². The summed E-state index contributed by atoms with van der Waals surface area (Å²) < 4.78 is 1.89. The summed E-state index contributed by atoms with van der Waals surface area (Å²) in [7, 11) is 0. The van der Waals surface area contributed by atoms with Crippen LogP contribution in [0.5, 0.6) is 0 Å². The molecular formula is C9H8Cl2S4. The van der Waals surface area contributed by atoms with Gasteiger partial charge in [-0.15, -0.1) is 35.3 Å². The molecule has 2 aromatic rings. The van der Waals surface area contributed by atoms with Gasteiger partial charge in [0.25, 0.3) is 0 Å². The van der Waals surface area contributed by atoms with Crippen LogP contribution < -0.4 is 0 Å². The Hall–Kier alpha value is 0.680. The first-order valence-electron chi connectivity index (χ1n) is 3.89. The molecule has 0 fully saturated rings. The Labute approximate surface area is 117 Å². The van der Waals surface area contributed by atoms with Crippen molar-refractivity contribution < 1.29 is 0 Å². The predicted molar refractivity (Wildman–Crippen MR) is 77.2 cm³/mol. The second kappa shape index (κ2) is 7.87. The van der Waals surface area contributed by atoms with Crippen LogP contribution in [0, 0.1) is 0 Å². The minimum atomic E-state index is -0.344. The predicted octanol–water partition coefficient (Wildman–Crippen LogP) is 5.64.